The highest BCUT2D eigenvalue weighted by molar-refractivity contribution is 6.10. The number of anilines is 1. The third kappa shape index (κ3) is 4.85. The fourth-order valence-corrected chi connectivity index (χ4v) is 2.85. The Kier molecular flexibility index (Phi) is 6.01. The summed E-state index contributed by atoms with van der Waals surface area (Å²) >= 11 is 0. The first-order chi connectivity index (χ1) is 14.6. The van der Waals surface area contributed by atoms with Crippen molar-refractivity contribution >= 4 is 34.3 Å². The van der Waals surface area contributed by atoms with E-state index >= 15 is 0 Å². The van der Waals surface area contributed by atoms with Crippen LogP contribution in [0.3, 0.4) is 0 Å². The number of nitrogens with one attached hydrogen (secondary N) is 1. The van der Waals surface area contributed by atoms with Crippen molar-refractivity contribution in [2.75, 3.05) is 11.9 Å². The number of fused-ring (bicyclic) bond motifs is 1. The van der Waals surface area contributed by atoms with E-state index in [0.717, 1.165) is 4.73 Å². The Balaban J connectivity index is 1.89. The molecule has 0 spiro atoms. The lowest BCUT2D eigenvalue weighted by Gasteiger charge is -2.17. The highest BCUT2D eigenvalue weighted by atomic mass is 16.7. The zero-order valence-corrected chi connectivity index (χ0v) is 17.8. The molecule has 0 atom stereocenters. The quantitative estimate of drug-likeness (QED) is 0.586. The van der Waals surface area contributed by atoms with E-state index in [4.69, 9.17) is 9.57 Å². The van der Waals surface area contributed by atoms with Gasteiger partial charge in [-0.3, -0.25) is 9.59 Å². The van der Waals surface area contributed by atoms with Crippen LogP contribution in [0, 0.1) is 5.41 Å². The highest BCUT2D eigenvalue weighted by Gasteiger charge is 2.28. The van der Waals surface area contributed by atoms with Crippen LogP contribution in [-0.2, 0) is 9.59 Å². The molecule has 1 amide bonds. The minimum Gasteiger partial charge on any atom is -0.492 e. The molecular formula is C23H24N2O6. The van der Waals surface area contributed by atoms with Gasteiger partial charge in [0.15, 0.2) is 12.4 Å². The summed E-state index contributed by atoms with van der Waals surface area (Å²) in [6.45, 7) is 6.11. The van der Waals surface area contributed by atoms with Gasteiger partial charge >= 0.3 is 5.97 Å². The van der Waals surface area contributed by atoms with E-state index in [-0.39, 0.29) is 23.5 Å². The van der Waals surface area contributed by atoms with Crippen molar-refractivity contribution in [2.45, 2.75) is 27.7 Å². The molecule has 0 saturated carbocycles. The molecule has 0 fully saturated rings. The van der Waals surface area contributed by atoms with Gasteiger partial charge in [-0.2, -0.15) is 0 Å². The molecule has 1 heterocycles. The van der Waals surface area contributed by atoms with Crippen molar-refractivity contribution in [3.05, 3.63) is 54.1 Å². The van der Waals surface area contributed by atoms with Crippen molar-refractivity contribution < 1.29 is 29.1 Å². The lowest BCUT2D eigenvalue weighted by molar-refractivity contribution is -0.153. The van der Waals surface area contributed by atoms with Crippen LogP contribution in [0.1, 0.15) is 38.1 Å². The van der Waals surface area contributed by atoms with Gasteiger partial charge in [0.05, 0.1) is 16.5 Å². The summed E-state index contributed by atoms with van der Waals surface area (Å²) in [6.07, 6.45) is 0. The third-order valence-corrected chi connectivity index (χ3v) is 4.44. The monoisotopic (exact) mass is 424 g/mol. The Labute approximate surface area is 179 Å². The predicted molar refractivity (Wildman–Crippen MR) is 115 cm³/mol. The van der Waals surface area contributed by atoms with Crippen LogP contribution >= 0.6 is 0 Å². The molecule has 0 aliphatic carbocycles. The number of rotatable bonds is 6. The Morgan fingerprint density at radius 2 is 1.74 bits per heavy atom. The smallest absolute Gasteiger partial charge is 0.338 e. The van der Waals surface area contributed by atoms with Crippen LogP contribution in [0.2, 0.25) is 0 Å². The van der Waals surface area contributed by atoms with Gasteiger partial charge in [0.2, 0.25) is 5.88 Å². The number of carbonyl (C=O) groups is 3. The Bertz CT molecular complexity index is 1140. The Hall–Kier alpha value is -3.81. The zero-order valence-electron chi connectivity index (χ0n) is 17.8. The summed E-state index contributed by atoms with van der Waals surface area (Å²) < 4.78 is 6.34. The number of aromatic nitrogens is 1. The van der Waals surface area contributed by atoms with Crippen LogP contribution in [0.15, 0.2) is 48.5 Å². The highest BCUT2D eigenvalue weighted by Crippen LogP contribution is 2.33. The number of Topliss-reactive ketones (excluding diaryl/α,β-unsaturated/α-hetero) is 1. The number of ketones is 1. The molecule has 0 bridgehead atoms. The fourth-order valence-electron chi connectivity index (χ4n) is 2.85. The molecule has 1 aromatic heterocycles. The van der Waals surface area contributed by atoms with Gasteiger partial charge < -0.3 is 20.0 Å². The summed E-state index contributed by atoms with van der Waals surface area (Å²) in [5, 5.41) is 13.6. The lowest BCUT2D eigenvalue weighted by Crippen LogP contribution is -2.31. The van der Waals surface area contributed by atoms with Gasteiger partial charge in [0.1, 0.15) is 5.75 Å². The van der Waals surface area contributed by atoms with Crippen LogP contribution in [0.5, 0.6) is 11.6 Å². The molecule has 0 unspecified atom stereocenters. The summed E-state index contributed by atoms with van der Waals surface area (Å²) in [5.74, 6) is -1.30. The number of para-hydroxylation sites is 1. The number of hydrogen-bond donors (Lipinski definition) is 2. The zero-order chi connectivity index (χ0) is 22.8. The number of amides is 1. The van der Waals surface area contributed by atoms with E-state index in [1.54, 1.807) is 57.2 Å². The van der Waals surface area contributed by atoms with E-state index in [0.29, 0.717) is 16.8 Å². The number of nitrogens with zero attached hydrogens (tertiary/aromatic N) is 1. The number of benzene rings is 2. The molecule has 2 aromatic carbocycles. The largest absolute Gasteiger partial charge is 0.492 e. The lowest BCUT2D eigenvalue weighted by atomic mass is 9.98. The summed E-state index contributed by atoms with van der Waals surface area (Å²) in [7, 11) is 0. The van der Waals surface area contributed by atoms with Crippen LogP contribution in [-0.4, -0.2) is 34.1 Å². The second-order valence-corrected chi connectivity index (χ2v) is 8.06. The summed E-state index contributed by atoms with van der Waals surface area (Å²) in [5.41, 5.74) is -0.154. The summed E-state index contributed by atoms with van der Waals surface area (Å²) in [4.78, 5) is 42.0. The van der Waals surface area contributed by atoms with Crippen molar-refractivity contribution in [3.8, 4) is 11.6 Å². The topological polar surface area (TPSA) is 107 Å². The number of aromatic hydroxyl groups is 1. The normalized spacial score (nSPS) is 11.2. The molecule has 3 aromatic rings. The first kappa shape index (κ1) is 21.9. The van der Waals surface area contributed by atoms with Crippen LogP contribution in [0.25, 0.3) is 10.9 Å². The minimum absolute atomic E-state index is 0.0296. The van der Waals surface area contributed by atoms with Crippen molar-refractivity contribution in [1.29, 1.82) is 0 Å². The molecule has 31 heavy (non-hydrogen) atoms. The van der Waals surface area contributed by atoms with Crippen molar-refractivity contribution in [2.24, 2.45) is 5.41 Å². The van der Waals surface area contributed by atoms with Gasteiger partial charge in [-0.25, -0.2) is 4.79 Å². The molecule has 8 nitrogen and oxygen atoms in total. The molecular weight excluding hydrogens is 400 g/mol. The van der Waals surface area contributed by atoms with E-state index in [9.17, 15) is 19.5 Å². The SMILES string of the molecule is CC(=O)c1c(O)n(OC(=O)C(C)(C)C)c2cc(NC(=O)COc3ccccc3)ccc12. The van der Waals surface area contributed by atoms with Gasteiger partial charge in [-0.05, 0) is 58.0 Å². The van der Waals surface area contributed by atoms with Crippen LogP contribution < -0.4 is 14.9 Å². The van der Waals surface area contributed by atoms with Gasteiger partial charge in [-0.15, -0.1) is 4.73 Å². The molecule has 2 N–H and O–H groups in total. The standard InChI is InChI=1S/C23H24N2O6/c1-14(26)20-17-11-10-15(24-19(27)13-30-16-8-6-5-7-9-16)12-18(17)25(21(20)28)31-22(29)23(2,3)4/h5-12,28H,13H2,1-4H3,(H,24,27). The molecule has 0 aliphatic rings. The predicted octanol–water partition coefficient (Wildman–Crippen LogP) is 3.57. The maximum Gasteiger partial charge on any atom is 0.338 e. The maximum atomic E-state index is 12.4. The van der Waals surface area contributed by atoms with E-state index in [2.05, 4.69) is 5.32 Å². The molecule has 0 aliphatic heterocycles. The minimum atomic E-state index is -0.833. The molecule has 162 valence electrons. The van der Waals surface area contributed by atoms with E-state index < -0.39 is 23.2 Å². The fraction of sp³-hybridized carbons (Fsp3) is 0.261. The second kappa shape index (κ2) is 8.51. The molecule has 0 saturated heterocycles. The molecule has 3 rings (SSSR count). The van der Waals surface area contributed by atoms with Crippen molar-refractivity contribution in [1.82, 2.24) is 4.73 Å². The summed E-state index contributed by atoms with van der Waals surface area (Å²) in [6, 6.07) is 13.6. The first-order valence-corrected chi connectivity index (χ1v) is 9.66. The van der Waals surface area contributed by atoms with Crippen LogP contribution in [0.4, 0.5) is 5.69 Å². The Morgan fingerprint density at radius 3 is 2.35 bits per heavy atom. The number of hydrogen-bond acceptors (Lipinski definition) is 6. The molecule has 8 heteroatoms. The van der Waals surface area contributed by atoms with Gasteiger partial charge in [-0.1, -0.05) is 18.2 Å². The number of carbonyl (C=O) groups excluding carboxylic acids is 3. The van der Waals surface area contributed by atoms with Gasteiger partial charge in [0.25, 0.3) is 5.91 Å². The van der Waals surface area contributed by atoms with E-state index in [1.165, 1.54) is 13.0 Å². The average Bonchev–Trinajstić information content (AvgIpc) is 2.98. The van der Waals surface area contributed by atoms with Crippen molar-refractivity contribution in [3.63, 3.8) is 0 Å². The average molecular weight is 424 g/mol. The Morgan fingerprint density at radius 1 is 1.06 bits per heavy atom. The van der Waals surface area contributed by atoms with Gasteiger partial charge in [0, 0.05) is 11.1 Å². The maximum absolute atomic E-state index is 12.4. The third-order valence-electron chi connectivity index (χ3n) is 4.44. The number of ether oxygens (including phenoxy) is 1. The first-order valence-electron chi connectivity index (χ1n) is 9.66. The molecule has 0 radical (unpaired) electrons. The van der Waals surface area contributed by atoms with E-state index in [1.807, 2.05) is 6.07 Å². The second-order valence-electron chi connectivity index (χ2n) is 8.06.